The lowest BCUT2D eigenvalue weighted by Gasteiger charge is -2.36. The molecule has 5 nitrogen and oxygen atoms in total. The number of nitrogens with zero attached hydrogens (tertiary/aromatic N) is 3. The fourth-order valence-corrected chi connectivity index (χ4v) is 3.50. The number of benzene rings is 1. The molecule has 0 spiro atoms. The number of hydrogen-bond donors (Lipinski definition) is 1. The van der Waals surface area contributed by atoms with E-state index in [0.29, 0.717) is 37.1 Å². The number of aromatic nitrogens is 1. The van der Waals surface area contributed by atoms with E-state index in [1.165, 1.54) is 12.1 Å². The van der Waals surface area contributed by atoms with Crippen LogP contribution in [0.25, 0.3) is 0 Å². The van der Waals surface area contributed by atoms with E-state index < -0.39 is 17.6 Å². The standard InChI is InChI=1S/C20H21F3N4OS/c1-13-10-14(2)24-17(11-13)25-19(29)27-8-6-26(7-9-27)18(28)15-4-3-5-16(12-15)20(21,22)23/h3-5,10-12H,6-9H2,1-2H3,(H,24,25,29). The lowest BCUT2D eigenvalue weighted by Crippen LogP contribution is -2.51. The molecule has 0 unspecified atom stereocenters. The lowest BCUT2D eigenvalue weighted by molar-refractivity contribution is -0.137. The molecule has 0 bridgehead atoms. The second-order valence-electron chi connectivity index (χ2n) is 6.96. The highest BCUT2D eigenvalue weighted by molar-refractivity contribution is 7.80. The van der Waals surface area contributed by atoms with Crippen molar-refractivity contribution in [2.75, 3.05) is 31.5 Å². The fourth-order valence-electron chi connectivity index (χ4n) is 3.22. The van der Waals surface area contributed by atoms with Gasteiger partial charge in [0.1, 0.15) is 5.82 Å². The van der Waals surface area contributed by atoms with Crippen LogP contribution in [0.15, 0.2) is 36.4 Å². The smallest absolute Gasteiger partial charge is 0.345 e. The van der Waals surface area contributed by atoms with Gasteiger partial charge in [-0.1, -0.05) is 6.07 Å². The summed E-state index contributed by atoms with van der Waals surface area (Å²) in [7, 11) is 0. The van der Waals surface area contributed by atoms with Crippen molar-refractivity contribution >= 4 is 29.1 Å². The minimum Gasteiger partial charge on any atom is -0.345 e. The largest absolute Gasteiger partial charge is 0.416 e. The first-order valence-corrected chi connectivity index (χ1v) is 9.52. The zero-order valence-corrected chi connectivity index (χ0v) is 16.9. The van der Waals surface area contributed by atoms with E-state index in [0.717, 1.165) is 23.4 Å². The molecule has 1 aliphatic heterocycles. The first kappa shape index (κ1) is 21.0. The third kappa shape index (κ3) is 5.23. The van der Waals surface area contributed by atoms with Gasteiger partial charge in [-0.15, -0.1) is 0 Å². The van der Waals surface area contributed by atoms with E-state index in [-0.39, 0.29) is 5.56 Å². The van der Waals surface area contributed by atoms with Crippen LogP contribution in [0.4, 0.5) is 19.0 Å². The van der Waals surface area contributed by atoms with Crippen molar-refractivity contribution in [3.05, 3.63) is 58.8 Å². The number of carbonyl (C=O) groups is 1. The molecule has 1 fully saturated rings. The molecule has 3 rings (SSSR count). The van der Waals surface area contributed by atoms with Gasteiger partial charge in [-0.3, -0.25) is 4.79 Å². The number of nitrogens with one attached hydrogen (secondary N) is 1. The Labute approximate surface area is 172 Å². The van der Waals surface area contributed by atoms with Gasteiger partial charge in [0.25, 0.3) is 5.91 Å². The predicted octanol–water partition coefficient (Wildman–Crippen LogP) is 3.87. The second kappa shape index (κ2) is 8.36. The highest BCUT2D eigenvalue weighted by Crippen LogP contribution is 2.29. The highest BCUT2D eigenvalue weighted by Gasteiger charge is 2.31. The Morgan fingerprint density at radius 1 is 1.07 bits per heavy atom. The molecule has 1 aromatic carbocycles. The third-order valence-corrected chi connectivity index (χ3v) is 4.98. The van der Waals surface area contributed by atoms with Crippen molar-refractivity contribution in [3.63, 3.8) is 0 Å². The summed E-state index contributed by atoms with van der Waals surface area (Å²) in [6, 6.07) is 8.37. The lowest BCUT2D eigenvalue weighted by atomic mass is 10.1. The molecule has 0 aliphatic carbocycles. The molecule has 0 atom stereocenters. The summed E-state index contributed by atoms with van der Waals surface area (Å²) in [4.78, 5) is 20.5. The van der Waals surface area contributed by atoms with E-state index in [2.05, 4.69) is 10.3 Å². The number of halogens is 3. The van der Waals surface area contributed by atoms with Gasteiger partial charge in [0, 0.05) is 37.4 Å². The quantitative estimate of drug-likeness (QED) is 0.745. The summed E-state index contributed by atoms with van der Waals surface area (Å²) in [5, 5.41) is 3.62. The monoisotopic (exact) mass is 422 g/mol. The molecular formula is C20H21F3N4OS. The first-order chi connectivity index (χ1) is 13.6. The van der Waals surface area contributed by atoms with Gasteiger partial charge in [0.2, 0.25) is 0 Å². The van der Waals surface area contributed by atoms with Crippen LogP contribution in [0.5, 0.6) is 0 Å². The molecule has 0 saturated carbocycles. The Bertz CT molecular complexity index is 904. The molecule has 2 heterocycles. The van der Waals surface area contributed by atoms with Gasteiger partial charge in [0.15, 0.2) is 5.11 Å². The van der Waals surface area contributed by atoms with Crippen LogP contribution in [-0.2, 0) is 6.18 Å². The van der Waals surface area contributed by atoms with Gasteiger partial charge in [-0.05, 0) is 62.0 Å². The number of anilines is 1. The van der Waals surface area contributed by atoms with E-state index >= 15 is 0 Å². The number of hydrogen-bond acceptors (Lipinski definition) is 3. The zero-order chi connectivity index (χ0) is 21.2. The molecular weight excluding hydrogens is 401 g/mol. The summed E-state index contributed by atoms with van der Waals surface area (Å²) >= 11 is 5.44. The minimum atomic E-state index is -4.48. The maximum absolute atomic E-state index is 12.9. The summed E-state index contributed by atoms with van der Waals surface area (Å²) in [5.74, 6) is 0.251. The van der Waals surface area contributed by atoms with Crippen LogP contribution >= 0.6 is 12.2 Å². The number of carbonyl (C=O) groups excluding carboxylic acids is 1. The predicted molar refractivity (Wildman–Crippen MR) is 109 cm³/mol. The van der Waals surface area contributed by atoms with Crippen molar-refractivity contribution in [2.45, 2.75) is 20.0 Å². The number of pyridine rings is 1. The Kier molecular flexibility index (Phi) is 6.07. The van der Waals surface area contributed by atoms with Crippen LogP contribution in [0.1, 0.15) is 27.2 Å². The first-order valence-electron chi connectivity index (χ1n) is 9.11. The molecule has 29 heavy (non-hydrogen) atoms. The summed E-state index contributed by atoms with van der Waals surface area (Å²) in [5.41, 5.74) is 1.16. The third-order valence-electron chi connectivity index (χ3n) is 4.62. The SMILES string of the molecule is Cc1cc(C)nc(NC(=S)N2CCN(C(=O)c3cccc(C(F)(F)F)c3)CC2)c1. The van der Waals surface area contributed by atoms with Crippen LogP contribution in [0.2, 0.25) is 0 Å². The number of aryl methyl sites for hydroxylation is 2. The van der Waals surface area contributed by atoms with Crippen LogP contribution in [0.3, 0.4) is 0 Å². The average molecular weight is 422 g/mol. The number of alkyl halides is 3. The van der Waals surface area contributed by atoms with Crippen LogP contribution in [0, 0.1) is 13.8 Å². The maximum atomic E-state index is 12.9. The van der Waals surface area contributed by atoms with Crippen molar-refractivity contribution in [2.24, 2.45) is 0 Å². The van der Waals surface area contributed by atoms with Crippen LogP contribution in [-0.4, -0.2) is 52.0 Å². The van der Waals surface area contributed by atoms with Gasteiger partial charge in [0.05, 0.1) is 5.56 Å². The van der Waals surface area contributed by atoms with E-state index in [9.17, 15) is 18.0 Å². The highest BCUT2D eigenvalue weighted by atomic mass is 32.1. The zero-order valence-electron chi connectivity index (χ0n) is 16.1. The molecule has 0 radical (unpaired) electrons. The average Bonchev–Trinajstić information content (AvgIpc) is 2.66. The van der Waals surface area contributed by atoms with Gasteiger partial charge in [-0.2, -0.15) is 13.2 Å². The van der Waals surface area contributed by atoms with E-state index in [1.807, 2.05) is 30.9 Å². The number of thiocarbonyl (C=S) groups is 1. The Hall–Kier alpha value is -2.68. The van der Waals surface area contributed by atoms with E-state index in [4.69, 9.17) is 12.2 Å². The molecule has 1 saturated heterocycles. The summed E-state index contributed by atoms with van der Waals surface area (Å²) < 4.78 is 38.7. The number of rotatable bonds is 2. The molecule has 1 amide bonds. The topological polar surface area (TPSA) is 48.5 Å². The van der Waals surface area contributed by atoms with Crippen molar-refractivity contribution in [1.29, 1.82) is 0 Å². The molecule has 154 valence electrons. The van der Waals surface area contributed by atoms with E-state index in [1.54, 1.807) is 4.90 Å². The van der Waals surface area contributed by atoms with Crippen molar-refractivity contribution in [1.82, 2.24) is 14.8 Å². The number of piperazine rings is 1. The maximum Gasteiger partial charge on any atom is 0.416 e. The molecule has 1 aromatic heterocycles. The number of amides is 1. The van der Waals surface area contributed by atoms with Gasteiger partial charge >= 0.3 is 6.18 Å². The Balaban J connectivity index is 1.60. The summed E-state index contributed by atoms with van der Waals surface area (Å²) in [6.07, 6.45) is -4.48. The summed E-state index contributed by atoms with van der Waals surface area (Å²) in [6.45, 7) is 5.59. The second-order valence-corrected chi connectivity index (χ2v) is 7.35. The molecule has 9 heteroatoms. The molecule has 1 N–H and O–H groups in total. The normalized spacial score (nSPS) is 14.7. The van der Waals surface area contributed by atoms with Crippen molar-refractivity contribution < 1.29 is 18.0 Å². The van der Waals surface area contributed by atoms with Gasteiger partial charge < -0.3 is 15.1 Å². The minimum absolute atomic E-state index is 0.0356. The Morgan fingerprint density at radius 3 is 2.34 bits per heavy atom. The Morgan fingerprint density at radius 2 is 1.72 bits per heavy atom. The van der Waals surface area contributed by atoms with Crippen LogP contribution < -0.4 is 5.32 Å². The molecule has 2 aromatic rings. The fraction of sp³-hybridized carbons (Fsp3) is 0.350. The van der Waals surface area contributed by atoms with Crippen molar-refractivity contribution in [3.8, 4) is 0 Å². The van der Waals surface area contributed by atoms with Gasteiger partial charge in [-0.25, -0.2) is 4.98 Å². The molecule has 1 aliphatic rings.